The zero-order valence-electron chi connectivity index (χ0n) is 14.6. The molecule has 0 spiro atoms. The number of halogens is 1. The number of benzene rings is 2. The van der Waals surface area contributed by atoms with Gasteiger partial charge < -0.3 is 14.5 Å². The molecule has 0 radical (unpaired) electrons. The van der Waals surface area contributed by atoms with Crippen LogP contribution >= 0.6 is 0 Å². The van der Waals surface area contributed by atoms with E-state index in [1.165, 1.54) is 31.3 Å². The Morgan fingerprint density at radius 1 is 1.19 bits per heavy atom. The average Bonchev–Trinajstić information content (AvgIpc) is 2.99. The number of hydrogen-bond acceptors (Lipinski definition) is 5. The molecule has 0 bridgehead atoms. The van der Waals surface area contributed by atoms with Crippen molar-refractivity contribution in [2.45, 2.75) is 0 Å². The van der Waals surface area contributed by atoms with Crippen LogP contribution in [-0.2, 0) is 10.0 Å². The Hall–Kier alpha value is -2.91. The molecule has 2 N–H and O–H groups in total. The summed E-state index contributed by atoms with van der Waals surface area (Å²) in [5, 5.41) is 3.12. The van der Waals surface area contributed by atoms with Gasteiger partial charge in [0, 0.05) is 24.1 Å². The van der Waals surface area contributed by atoms with Gasteiger partial charge in [0.2, 0.25) is 10.0 Å². The fourth-order valence-electron chi connectivity index (χ4n) is 2.54. The predicted octanol–water partition coefficient (Wildman–Crippen LogP) is 2.48. The van der Waals surface area contributed by atoms with E-state index in [0.29, 0.717) is 33.6 Å². The number of sulfonamides is 1. The molecule has 2 aromatic carbocycles. The van der Waals surface area contributed by atoms with Crippen LogP contribution in [-0.4, -0.2) is 34.4 Å². The third-order valence-electron chi connectivity index (χ3n) is 3.78. The molecule has 3 aromatic rings. The number of ether oxygens (including phenoxy) is 1. The molecule has 0 aliphatic carbocycles. The van der Waals surface area contributed by atoms with Crippen LogP contribution in [0.15, 0.2) is 46.9 Å². The predicted molar refractivity (Wildman–Crippen MR) is 98.5 cm³/mol. The highest BCUT2D eigenvalue weighted by atomic mass is 32.2. The van der Waals surface area contributed by atoms with Gasteiger partial charge in [-0.15, -0.1) is 0 Å². The van der Waals surface area contributed by atoms with Crippen molar-refractivity contribution in [3.8, 4) is 17.1 Å². The molecular weight excluding hydrogens is 375 g/mol. The fraction of sp³-hybridized carbons (Fsp3) is 0.167. The van der Waals surface area contributed by atoms with Crippen molar-refractivity contribution in [1.29, 1.82) is 0 Å². The van der Waals surface area contributed by atoms with E-state index in [2.05, 4.69) is 10.0 Å². The van der Waals surface area contributed by atoms with Gasteiger partial charge >= 0.3 is 0 Å². The Balaban J connectivity index is 2.02. The van der Waals surface area contributed by atoms with E-state index < -0.39 is 15.8 Å². The van der Waals surface area contributed by atoms with E-state index in [9.17, 15) is 17.6 Å². The average molecular weight is 392 g/mol. The third-order valence-corrected chi connectivity index (χ3v) is 4.42. The van der Waals surface area contributed by atoms with Gasteiger partial charge in [0.1, 0.15) is 22.9 Å². The molecule has 0 saturated heterocycles. The highest BCUT2D eigenvalue weighted by Crippen LogP contribution is 2.35. The van der Waals surface area contributed by atoms with Crippen molar-refractivity contribution in [2.75, 3.05) is 20.0 Å². The van der Waals surface area contributed by atoms with Crippen LogP contribution in [0.3, 0.4) is 0 Å². The zero-order valence-corrected chi connectivity index (χ0v) is 15.4. The quantitative estimate of drug-likeness (QED) is 0.628. The first-order valence-electron chi connectivity index (χ1n) is 7.90. The maximum atomic E-state index is 13.2. The molecule has 7 nitrogen and oxygen atoms in total. The largest absolute Gasteiger partial charge is 0.477 e. The van der Waals surface area contributed by atoms with Crippen molar-refractivity contribution in [3.63, 3.8) is 0 Å². The number of furan rings is 1. The Morgan fingerprint density at radius 3 is 2.52 bits per heavy atom. The molecule has 0 atom stereocenters. The molecule has 9 heteroatoms. The van der Waals surface area contributed by atoms with Gasteiger partial charge in [-0.25, -0.2) is 12.8 Å². The SMILES string of the molecule is CNC(=O)c1c(-c2ccc(F)cc2)oc2cc(OCNS(C)(=O)=O)ccc12. The van der Waals surface area contributed by atoms with Gasteiger partial charge in [-0.2, -0.15) is 4.72 Å². The topological polar surface area (TPSA) is 97.6 Å². The summed E-state index contributed by atoms with van der Waals surface area (Å²) < 4.78 is 48.8. The molecule has 0 unspecified atom stereocenters. The molecule has 0 saturated carbocycles. The monoisotopic (exact) mass is 392 g/mol. The molecule has 3 rings (SSSR count). The maximum Gasteiger partial charge on any atom is 0.255 e. The van der Waals surface area contributed by atoms with Gasteiger partial charge in [-0.1, -0.05) is 0 Å². The molecule has 27 heavy (non-hydrogen) atoms. The lowest BCUT2D eigenvalue weighted by Gasteiger charge is -2.06. The minimum Gasteiger partial charge on any atom is -0.477 e. The van der Waals surface area contributed by atoms with Gasteiger partial charge in [-0.3, -0.25) is 4.79 Å². The number of rotatable bonds is 6. The summed E-state index contributed by atoms with van der Waals surface area (Å²) in [5.41, 5.74) is 1.25. The normalized spacial score (nSPS) is 11.5. The van der Waals surface area contributed by atoms with Gasteiger partial charge in [0.05, 0.1) is 11.8 Å². The summed E-state index contributed by atoms with van der Waals surface area (Å²) in [6, 6.07) is 10.4. The Kier molecular flexibility index (Phi) is 5.15. The second-order valence-electron chi connectivity index (χ2n) is 5.76. The highest BCUT2D eigenvalue weighted by molar-refractivity contribution is 7.88. The van der Waals surface area contributed by atoms with Crippen LogP contribution in [0, 0.1) is 5.82 Å². The van der Waals surface area contributed by atoms with Crippen LogP contribution in [0.1, 0.15) is 10.4 Å². The molecule has 0 aliphatic rings. The van der Waals surface area contributed by atoms with Crippen molar-refractivity contribution in [1.82, 2.24) is 10.0 Å². The number of amides is 1. The molecule has 1 amide bonds. The number of hydrogen-bond donors (Lipinski definition) is 2. The Labute approximate surface area is 155 Å². The highest BCUT2D eigenvalue weighted by Gasteiger charge is 2.21. The van der Waals surface area contributed by atoms with Gasteiger partial charge in [0.15, 0.2) is 6.73 Å². The summed E-state index contributed by atoms with van der Waals surface area (Å²) >= 11 is 0. The van der Waals surface area contributed by atoms with Crippen molar-refractivity contribution >= 4 is 26.9 Å². The maximum absolute atomic E-state index is 13.2. The number of carbonyl (C=O) groups is 1. The number of carbonyl (C=O) groups excluding carboxylic acids is 1. The Morgan fingerprint density at radius 2 is 1.89 bits per heavy atom. The first-order chi connectivity index (χ1) is 12.8. The van der Waals surface area contributed by atoms with Crippen molar-refractivity contribution < 1.29 is 26.8 Å². The summed E-state index contributed by atoms with van der Waals surface area (Å²) in [7, 11) is -1.87. The minimum atomic E-state index is -3.38. The molecular formula is C18H17FN2O5S. The van der Waals surface area contributed by atoms with Gasteiger partial charge in [0.25, 0.3) is 5.91 Å². The lowest BCUT2D eigenvalue weighted by atomic mass is 10.0. The van der Waals surface area contributed by atoms with E-state index in [1.807, 2.05) is 0 Å². The summed E-state index contributed by atoms with van der Waals surface area (Å²) in [4.78, 5) is 12.4. The molecule has 1 aromatic heterocycles. The molecule has 1 heterocycles. The van der Waals surface area contributed by atoms with E-state index in [0.717, 1.165) is 6.26 Å². The van der Waals surface area contributed by atoms with Crippen molar-refractivity contribution in [2.24, 2.45) is 0 Å². The molecule has 142 valence electrons. The van der Waals surface area contributed by atoms with Crippen LogP contribution in [0.5, 0.6) is 5.75 Å². The standard InChI is InChI=1S/C18H17FN2O5S/c1-20-18(22)16-14-8-7-13(25-10-21-27(2,23)24)9-15(14)26-17(16)11-3-5-12(19)6-4-11/h3-9,21H,10H2,1-2H3,(H,20,22). The number of nitrogens with one attached hydrogen (secondary N) is 2. The first kappa shape index (κ1) is 18.9. The zero-order chi connectivity index (χ0) is 19.6. The van der Waals surface area contributed by atoms with Crippen LogP contribution < -0.4 is 14.8 Å². The van der Waals surface area contributed by atoms with Crippen LogP contribution in [0.2, 0.25) is 0 Å². The van der Waals surface area contributed by atoms with Crippen molar-refractivity contribution in [3.05, 3.63) is 53.8 Å². The fourth-order valence-corrected chi connectivity index (χ4v) is 2.81. The second-order valence-corrected chi connectivity index (χ2v) is 7.59. The van der Waals surface area contributed by atoms with E-state index in [1.54, 1.807) is 18.2 Å². The lowest BCUT2D eigenvalue weighted by molar-refractivity contribution is 0.0964. The molecule has 0 aliphatic heterocycles. The summed E-state index contributed by atoms with van der Waals surface area (Å²) in [5.74, 6) is -0.0804. The molecule has 0 fully saturated rings. The first-order valence-corrected chi connectivity index (χ1v) is 9.79. The van der Waals surface area contributed by atoms with Crippen LogP contribution in [0.25, 0.3) is 22.3 Å². The number of fused-ring (bicyclic) bond motifs is 1. The van der Waals surface area contributed by atoms with E-state index in [4.69, 9.17) is 9.15 Å². The van der Waals surface area contributed by atoms with Crippen LogP contribution in [0.4, 0.5) is 4.39 Å². The Bertz CT molecular complexity index is 1090. The third kappa shape index (κ3) is 4.26. The summed E-state index contributed by atoms with van der Waals surface area (Å²) in [6.45, 7) is -0.238. The van der Waals surface area contributed by atoms with E-state index in [-0.39, 0.29) is 12.6 Å². The second kappa shape index (κ2) is 7.37. The van der Waals surface area contributed by atoms with E-state index >= 15 is 0 Å². The lowest BCUT2D eigenvalue weighted by Crippen LogP contribution is -2.26. The summed E-state index contributed by atoms with van der Waals surface area (Å²) in [6.07, 6.45) is 1.02. The smallest absolute Gasteiger partial charge is 0.255 e. The van der Waals surface area contributed by atoms with Gasteiger partial charge in [-0.05, 0) is 36.4 Å². The minimum absolute atomic E-state index is 0.238.